The fourth-order valence-corrected chi connectivity index (χ4v) is 2.18. The SMILES string of the molecule is N=CC(=C\NCCOCc1ccccc1)/C=C/C(=O)Nc1ccccc1N. The number of allylic oxidation sites excluding steroid dienone is 2. The van der Waals surface area contributed by atoms with E-state index in [0.717, 1.165) is 5.56 Å². The maximum Gasteiger partial charge on any atom is 0.248 e. The fraction of sp³-hybridized carbons (Fsp3) is 0.143. The quantitative estimate of drug-likeness (QED) is 0.171. The first-order valence-electron chi connectivity index (χ1n) is 8.58. The molecule has 27 heavy (non-hydrogen) atoms. The van der Waals surface area contributed by atoms with Crippen LogP contribution in [0, 0.1) is 5.41 Å². The van der Waals surface area contributed by atoms with Crippen molar-refractivity contribution in [1.29, 1.82) is 5.41 Å². The Hall–Kier alpha value is -3.38. The molecule has 1 amide bonds. The number of nitrogen functional groups attached to an aromatic ring is 1. The number of nitrogens with two attached hydrogens (primary N) is 1. The molecule has 0 saturated heterocycles. The van der Waals surface area contributed by atoms with Crippen LogP contribution in [0.1, 0.15) is 5.56 Å². The van der Waals surface area contributed by atoms with E-state index in [1.54, 1.807) is 36.5 Å². The van der Waals surface area contributed by atoms with E-state index in [9.17, 15) is 4.79 Å². The van der Waals surface area contributed by atoms with Gasteiger partial charge >= 0.3 is 0 Å². The van der Waals surface area contributed by atoms with Crippen LogP contribution in [0.5, 0.6) is 0 Å². The first-order chi connectivity index (χ1) is 13.2. The molecule has 2 rings (SSSR count). The number of amides is 1. The number of benzene rings is 2. The Bertz CT molecular complexity index is 801. The van der Waals surface area contributed by atoms with Crippen molar-refractivity contribution < 1.29 is 9.53 Å². The highest BCUT2D eigenvalue weighted by molar-refractivity contribution is 6.02. The molecule has 2 aromatic carbocycles. The van der Waals surface area contributed by atoms with Crippen LogP contribution in [0.4, 0.5) is 11.4 Å². The summed E-state index contributed by atoms with van der Waals surface area (Å²) in [5.41, 5.74) is 8.53. The summed E-state index contributed by atoms with van der Waals surface area (Å²) >= 11 is 0. The van der Waals surface area contributed by atoms with Gasteiger partial charge in [-0.1, -0.05) is 42.5 Å². The number of hydrogen-bond donors (Lipinski definition) is 4. The maximum atomic E-state index is 11.9. The predicted molar refractivity (Wildman–Crippen MR) is 110 cm³/mol. The van der Waals surface area contributed by atoms with Crippen molar-refractivity contribution in [3.63, 3.8) is 0 Å². The van der Waals surface area contributed by atoms with E-state index in [0.29, 0.717) is 36.7 Å². The molecule has 6 heteroatoms. The van der Waals surface area contributed by atoms with E-state index < -0.39 is 0 Å². The molecule has 0 aliphatic rings. The van der Waals surface area contributed by atoms with Crippen molar-refractivity contribution in [2.45, 2.75) is 6.61 Å². The third-order valence-electron chi connectivity index (χ3n) is 3.58. The highest BCUT2D eigenvalue weighted by atomic mass is 16.5. The van der Waals surface area contributed by atoms with E-state index in [1.807, 2.05) is 30.3 Å². The van der Waals surface area contributed by atoms with Crippen LogP contribution in [0.3, 0.4) is 0 Å². The highest BCUT2D eigenvalue weighted by Gasteiger charge is 2.01. The summed E-state index contributed by atoms with van der Waals surface area (Å²) in [5, 5.41) is 13.2. The van der Waals surface area contributed by atoms with Crippen LogP contribution in [0.25, 0.3) is 0 Å². The summed E-state index contributed by atoms with van der Waals surface area (Å²) in [4.78, 5) is 11.9. The number of ether oxygens (including phenoxy) is 1. The molecule has 0 saturated carbocycles. The lowest BCUT2D eigenvalue weighted by Gasteiger charge is -2.05. The highest BCUT2D eigenvalue weighted by Crippen LogP contribution is 2.16. The zero-order chi connectivity index (χ0) is 19.3. The van der Waals surface area contributed by atoms with Crippen molar-refractivity contribution in [1.82, 2.24) is 5.32 Å². The van der Waals surface area contributed by atoms with E-state index >= 15 is 0 Å². The molecule has 0 aliphatic heterocycles. The van der Waals surface area contributed by atoms with Gasteiger partial charge in [0.15, 0.2) is 0 Å². The molecule has 0 radical (unpaired) electrons. The van der Waals surface area contributed by atoms with Crippen LogP contribution in [0.15, 0.2) is 78.5 Å². The van der Waals surface area contributed by atoms with Crippen LogP contribution in [-0.4, -0.2) is 25.3 Å². The van der Waals surface area contributed by atoms with Crippen molar-refractivity contribution in [2.24, 2.45) is 0 Å². The van der Waals surface area contributed by atoms with Gasteiger partial charge in [-0.05, 0) is 23.8 Å². The van der Waals surface area contributed by atoms with E-state index in [-0.39, 0.29) is 5.91 Å². The number of carbonyl (C=O) groups excluding carboxylic acids is 1. The topological polar surface area (TPSA) is 100 Å². The standard InChI is InChI=1S/C21H24N4O2/c22-14-18(10-11-21(26)25-20-9-5-4-8-19(20)23)15-24-12-13-27-16-17-6-2-1-3-7-17/h1-11,14-15,22,24H,12-13,16,23H2,(H,25,26)/b11-10+,18-15-,22-14?. The van der Waals surface area contributed by atoms with Crippen molar-refractivity contribution >= 4 is 23.5 Å². The number of rotatable bonds is 10. The molecule has 0 spiro atoms. The predicted octanol–water partition coefficient (Wildman–Crippen LogP) is 3.10. The van der Waals surface area contributed by atoms with Gasteiger partial charge in [0.2, 0.25) is 5.91 Å². The van der Waals surface area contributed by atoms with E-state index in [4.69, 9.17) is 15.9 Å². The van der Waals surface area contributed by atoms with Gasteiger partial charge in [-0.25, -0.2) is 0 Å². The summed E-state index contributed by atoms with van der Waals surface area (Å²) in [6.45, 7) is 1.70. The van der Waals surface area contributed by atoms with Crippen LogP contribution >= 0.6 is 0 Å². The molecule has 5 N–H and O–H groups in total. The average molecular weight is 364 g/mol. The van der Waals surface area contributed by atoms with Crippen molar-refractivity contribution in [3.8, 4) is 0 Å². The Morgan fingerprint density at radius 2 is 1.81 bits per heavy atom. The minimum Gasteiger partial charge on any atom is -0.397 e. The molecule has 0 fully saturated rings. The second-order valence-corrected chi connectivity index (χ2v) is 5.69. The summed E-state index contributed by atoms with van der Waals surface area (Å²) in [5.74, 6) is -0.313. The van der Waals surface area contributed by atoms with Crippen molar-refractivity contribution in [3.05, 3.63) is 84.1 Å². The Morgan fingerprint density at radius 1 is 1.07 bits per heavy atom. The lowest BCUT2D eigenvalue weighted by Crippen LogP contribution is -2.14. The summed E-state index contributed by atoms with van der Waals surface area (Å²) in [7, 11) is 0. The number of para-hydroxylation sites is 2. The van der Waals surface area contributed by atoms with Gasteiger partial charge in [0, 0.05) is 30.6 Å². The molecule has 6 nitrogen and oxygen atoms in total. The lowest BCUT2D eigenvalue weighted by atomic mass is 10.2. The fourth-order valence-electron chi connectivity index (χ4n) is 2.18. The normalized spacial score (nSPS) is 11.3. The molecule has 140 valence electrons. The third kappa shape index (κ3) is 7.58. The van der Waals surface area contributed by atoms with Gasteiger partial charge in [-0.2, -0.15) is 0 Å². The molecule has 2 aromatic rings. The zero-order valence-corrected chi connectivity index (χ0v) is 15.0. The summed E-state index contributed by atoms with van der Waals surface area (Å²) in [6, 6.07) is 17.0. The lowest BCUT2D eigenvalue weighted by molar-refractivity contribution is -0.111. The van der Waals surface area contributed by atoms with Crippen LogP contribution < -0.4 is 16.4 Å². The average Bonchev–Trinajstić information content (AvgIpc) is 2.69. The Balaban J connectivity index is 1.71. The molecule has 0 unspecified atom stereocenters. The number of hydrogen-bond acceptors (Lipinski definition) is 5. The summed E-state index contributed by atoms with van der Waals surface area (Å²) < 4.78 is 5.57. The van der Waals surface area contributed by atoms with Gasteiger partial charge < -0.3 is 26.5 Å². The van der Waals surface area contributed by atoms with Crippen molar-refractivity contribution in [2.75, 3.05) is 24.2 Å². The maximum absolute atomic E-state index is 11.9. The number of nitrogens with one attached hydrogen (secondary N) is 3. The molecular formula is C21H24N4O2. The first-order valence-corrected chi connectivity index (χ1v) is 8.58. The summed E-state index contributed by atoms with van der Waals surface area (Å²) in [6.07, 6.45) is 5.74. The minimum absolute atomic E-state index is 0.313. The molecular weight excluding hydrogens is 340 g/mol. The Labute approximate surface area is 159 Å². The Kier molecular flexibility index (Phi) is 8.33. The molecule has 0 aliphatic carbocycles. The van der Waals surface area contributed by atoms with Crippen LogP contribution in [0.2, 0.25) is 0 Å². The zero-order valence-electron chi connectivity index (χ0n) is 15.0. The molecule has 0 atom stereocenters. The molecule has 0 heterocycles. The third-order valence-corrected chi connectivity index (χ3v) is 3.58. The van der Waals surface area contributed by atoms with Gasteiger partial charge in [0.25, 0.3) is 0 Å². The molecule has 0 aromatic heterocycles. The largest absolute Gasteiger partial charge is 0.397 e. The second kappa shape index (κ2) is 11.3. The van der Waals surface area contributed by atoms with Gasteiger partial charge in [-0.3, -0.25) is 4.79 Å². The molecule has 0 bridgehead atoms. The number of carbonyl (C=O) groups is 1. The van der Waals surface area contributed by atoms with E-state index in [2.05, 4.69) is 10.6 Å². The smallest absolute Gasteiger partial charge is 0.248 e. The van der Waals surface area contributed by atoms with Crippen LogP contribution in [-0.2, 0) is 16.1 Å². The first kappa shape index (κ1) is 19.9. The Morgan fingerprint density at radius 3 is 2.56 bits per heavy atom. The minimum atomic E-state index is -0.313. The van der Waals surface area contributed by atoms with Gasteiger partial charge in [0.05, 0.1) is 24.6 Å². The monoisotopic (exact) mass is 364 g/mol. The second-order valence-electron chi connectivity index (χ2n) is 5.69. The van der Waals surface area contributed by atoms with Gasteiger partial charge in [-0.15, -0.1) is 0 Å². The van der Waals surface area contributed by atoms with E-state index in [1.165, 1.54) is 12.3 Å². The number of anilines is 2. The van der Waals surface area contributed by atoms with Gasteiger partial charge in [0.1, 0.15) is 0 Å².